The molecule has 0 aromatic carbocycles. The first kappa shape index (κ1) is 11.2. The molecule has 2 N–H and O–H groups in total. The van der Waals surface area contributed by atoms with Gasteiger partial charge in [-0.25, -0.2) is 0 Å². The van der Waals surface area contributed by atoms with Crippen LogP contribution in [-0.2, 0) is 16.1 Å². The number of aromatic amines is 1. The highest BCUT2D eigenvalue weighted by Gasteiger charge is 2.46. The monoisotopic (exact) mass is 224 g/mol. The second-order valence-electron chi connectivity index (χ2n) is 4.47. The van der Waals surface area contributed by atoms with Crippen LogP contribution in [0.2, 0.25) is 0 Å². The predicted molar refractivity (Wildman–Crippen MR) is 58.0 cm³/mol. The summed E-state index contributed by atoms with van der Waals surface area (Å²) in [6.07, 6.45) is 3.78. The van der Waals surface area contributed by atoms with Crippen molar-refractivity contribution in [2.75, 3.05) is 26.8 Å². The molecular formula is C11H16N2O3. The first-order chi connectivity index (χ1) is 7.62. The van der Waals surface area contributed by atoms with E-state index in [1.54, 1.807) is 0 Å². The number of nitrogens with zero attached hydrogens (tertiary/aromatic N) is 1. The zero-order valence-corrected chi connectivity index (χ0v) is 9.27. The summed E-state index contributed by atoms with van der Waals surface area (Å²) in [5.41, 5.74) is 0.452. The number of aromatic nitrogens is 1. The van der Waals surface area contributed by atoms with E-state index in [0.29, 0.717) is 19.8 Å². The molecule has 1 saturated heterocycles. The normalized spacial score (nSPS) is 18.4. The van der Waals surface area contributed by atoms with Crippen LogP contribution in [0, 0.1) is 5.41 Å². The molecule has 5 heteroatoms. The number of hydrogen-bond donors (Lipinski definition) is 2. The summed E-state index contributed by atoms with van der Waals surface area (Å²) in [5.74, 6) is -0.764. The van der Waals surface area contributed by atoms with E-state index in [1.807, 2.05) is 30.4 Å². The summed E-state index contributed by atoms with van der Waals surface area (Å²) in [6.45, 7) is 1.91. The minimum absolute atomic E-state index is 0.319. The highest BCUT2D eigenvalue weighted by Crippen LogP contribution is 2.29. The molecule has 1 aliphatic heterocycles. The molecule has 0 spiro atoms. The molecule has 0 aliphatic carbocycles. The number of carboxylic acids is 1. The Bertz CT molecular complexity index is 357. The van der Waals surface area contributed by atoms with E-state index in [4.69, 9.17) is 9.84 Å². The van der Waals surface area contributed by atoms with Crippen molar-refractivity contribution in [3.05, 3.63) is 24.0 Å². The van der Waals surface area contributed by atoms with Gasteiger partial charge in [0.05, 0.1) is 13.2 Å². The van der Waals surface area contributed by atoms with Gasteiger partial charge in [-0.1, -0.05) is 0 Å². The van der Waals surface area contributed by atoms with Gasteiger partial charge in [0.15, 0.2) is 0 Å². The summed E-state index contributed by atoms with van der Waals surface area (Å²) < 4.78 is 5.02. The number of carbonyl (C=O) groups is 1. The molecule has 2 heterocycles. The molecular weight excluding hydrogens is 208 g/mol. The largest absolute Gasteiger partial charge is 0.481 e. The maximum atomic E-state index is 11.1. The van der Waals surface area contributed by atoms with Crippen LogP contribution in [0.4, 0.5) is 0 Å². The van der Waals surface area contributed by atoms with Crippen LogP contribution in [0.5, 0.6) is 0 Å². The molecule has 88 valence electrons. The molecule has 0 unspecified atom stereocenters. The average molecular weight is 224 g/mol. The Morgan fingerprint density at radius 1 is 1.69 bits per heavy atom. The third-order valence-corrected chi connectivity index (χ3v) is 2.90. The fourth-order valence-corrected chi connectivity index (χ4v) is 1.97. The summed E-state index contributed by atoms with van der Waals surface area (Å²) in [5, 5.41) is 9.15. The quantitative estimate of drug-likeness (QED) is 0.766. The topological polar surface area (TPSA) is 65.6 Å². The predicted octanol–water partition coefficient (Wildman–Crippen LogP) is 0.548. The fourth-order valence-electron chi connectivity index (χ4n) is 1.97. The highest BCUT2D eigenvalue weighted by atomic mass is 16.5. The Kier molecular flexibility index (Phi) is 2.98. The maximum absolute atomic E-state index is 11.1. The molecule has 1 aliphatic rings. The molecule has 0 amide bonds. The van der Waals surface area contributed by atoms with Gasteiger partial charge in [0.2, 0.25) is 0 Å². The summed E-state index contributed by atoms with van der Waals surface area (Å²) in [6, 6.07) is 1.99. The lowest BCUT2D eigenvalue weighted by Gasteiger charge is -2.39. The summed E-state index contributed by atoms with van der Waals surface area (Å²) in [7, 11) is 1.93. The van der Waals surface area contributed by atoms with Gasteiger partial charge in [0, 0.05) is 25.5 Å². The molecule has 0 radical (unpaired) electrons. The van der Waals surface area contributed by atoms with E-state index in [-0.39, 0.29) is 0 Å². The lowest BCUT2D eigenvalue weighted by Crippen LogP contribution is -2.55. The lowest BCUT2D eigenvalue weighted by atomic mass is 9.85. The summed E-state index contributed by atoms with van der Waals surface area (Å²) >= 11 is 0. The fraction of sp³-hybridized carbons (Fsp3) is 0.545. The minimum Gasteiger partial charge on any atom is -0.481 e. The third-order valence-electron chi connectivity index (χ3n) is 2.90. The third kappa shape index (κ3) is 2.10. The molecule has 0 atom stereocenters. The molecule has 2 rings (SSSR count). The van der Waals surface area contributed by atoms with E-state index in [9.17, 15) is 4.79 Å². The van der Waals surface area contributed by atoms with Crippen LogP contribution in [-0.4, -0.2) is 47.8 Å². The number of ether oxygens (including phenoxy) is 1. The molecule has 1 fully saturated rings. The zero-order chi connectivity index (χ0) is 11.6. The van der Waals surface area contributed by atoms with Crippen molar-refractivity contribution in [1.82, 2.24) is 9.88 Å². The van der Waals surface area contributed by atoms with Crippen molar-refractivity contribution >= 4 is 5.97 Å². The molecule has 0 bridgehead atoms. The number of nitrogens with one attached hydrogen (secondary N) is 1. The Balaban J connectivity index is 1.91. The van der Waals surface area contributed by atoms with Crippen molar-refractivity contribution < 1.29 is 14.6 Å². The van der Waals surface area contributed by atoms with E-state index in [1.165, 1.54) is 0 Å². The van der Waals surface area contributed by atoms with Crippen molar-refractivity contribution in [2.45, 2.75) is 6.54 Å². The number of carboxylic acid groups (broad SMARTS) is 1. The number of rotatable bonds is 5. The van der Waals surface area contributed by atoms with E-state index < -0.39 is 11.4 Å². The second-order valence-corrected chi connectivity index (χ2v) is 4.47. The van der Waals surface area contributed by atoms with Gasteiger partial charge < -0.3 is 19.7 Å². The van der Waals surface area contributed by atoms with Crippen molar-refractivity contribution in [3.63, 3.8) is 0 Å². The van der Waals surface area contributed by atoms with Crippen molar-refractivity contribution in [3.8, 4) is 0 Å². The van der Waals surface area contributed by atoms with Gasteiger partial charge in [-0.2, -0.15) is 0 Å². The van der Waals surface area contributed by atoms with Crippen molar-refractivity contribution in [2.24, 2.45) is 5.41 Å². The van der Waals surface area contributed by atoms with E-state index in [2.05, 4.69) is 4.98 Å². The van der Waals surface area contributed by atoms with E-state index >= 15 is 0 Å². The van der Waals surface area contributed by atoms with Crippen LogP contribution in [0.25, 0.3) is 0 Å². The zero-order valence-electron chi connectivity index (χ0n) is 9.27. The van der Waals surface area contributed by atoms with Crippen LogP contribution >= 0.6 is 0 Å². The van der Waals surface area contributed by atoms with Crippen LogP contribution in [0.1, 0.15) is 5.56 Å². The van der Waals surface area contributed by atoms with Gasteiger partial charge >= 0.3 is 5.97 Å². The molecule has 1 aromatic heterocycles. The van der Waals surface area contributed by atoms with Gasteiger partial charge in [0.1, 0.15) is 5.41 Å². The van der Waals surface area contributed by atoms with Gasteiger partial charge in [-0.15, -0.1) is 0 Å². The Morgan fingerprint density at radius 2 is 2.44 bits per heavy atom. The van der Waals surface area contributed by atoms with Gasteiger partial charge in [-0.3, -0.25) is 4.79 Å². The standard InChI is InChI=1S/C11H16N2O3/c1-13(5-9-2-3-12-4-9)6-11(10(14)15)7-16-8-11/h2-4,12H,5-8H2,1H3,(H,14,15). The SMILES string of the molecule is CN(Cc1cc[nH]c1)CC1(C(=O)O)COC1. The lowest BCUT2D eigenvalue weighted by molar-refractivity contribution is -0.183. The van der Waals surface area contributed by atoms with Crippen molar-refractivity contribution in [1.29, 1.82) is 0 Å². The Morgan fingerprint density at radius 3 is 2.88 bits per heavy atom. The smallest absolute Gasteiger partial charge is 0.315 e. The first-order valence-corrected chi connectivity index (χ1v) is 5.24. The number of H-pyrrole nitrogens is 1. The minimum atomic E-state index is -0.764. The number of aliphatic carboxylic acids is 1. The molecule has 0 saturated carbocycles. The first-order valence-electron chi connectivity index (χ1n) is 5.24. The molecule has 1 aromatic rings. The average Bonchev–Trinajstić information content (AvgIpc) is 2.63. The summed E-state index contributed by atoms with van der Waals surface area (Å²) in [4.78, 5) is 16.1. The molecule has 5 nitrogen and oxygen atoms in total. The number of hydrogen-bond acceptors (Lipinski definition) is 3. The second kappa shape index (κ2) is 4.27. The Labute approximate surface area is 94.0 Å². The Hall–Kier alpha value is -1.33. The van der Waals surface area contributed by atoms with Crippen LogP contribution in [0.3, 0.4) is 0 Å². The highest BCUT2D eigenvalue weighted by molar-refractivity contribution is 5.76. The maximum Gasteiger partial charge on any atom is 0.315 e. The van der Waals surface area contributed by atoms with Gasteiger partial charge in [-0.05, 0) is 18.7 Å². The van der Waals surface area contributed by atoms with Crippen LogP contribution < -0.4 is 0 Å². The van der Waals surface area contributed by atoms with Crippen LogP contribution in [0.15, 0.2) is 18.5 Å². The van der Waals surface area contributed by atoms with Gasteiger partial charge in [0.25, 0.3) is 0 Å². The van der Waals surface area contributed by atoms with E-state index in [0.717, 1.165) is 12.1 Å². The molecule has 16 heavy (non-hydrogen) atoms.